The van der Waals surface area contributed by atoms with Gasteiger partial charge in [-0.25, -0.2) is 0 Å². The maximum atomic E-state index is 9.51. The fourth-order valence-corrected chi connectivity index (χ4v) is 10.3. The van der Waals surface area contributed by atoms with Crippen molar-refractivity contribution in [3.8, 4) is 27.9 Å². The Kier molecular flexibility index (Phi) is 7.21. The summed E-state index contributed by atoms with van der Waals surface area (Å²) in [6.45, 7) is 9.23. The number of hydrogen-bond acceptors (Lipinski definition) is 0. The molecule has 0 N–H and O–H groups in total. The Balaban J connectivity index is 0.973. The number of rotatable bonds is 6. The largest absolute Gasteiger partial charge is 0.309 e. The van der Waals surface area contributed by atoms with E-state index in [1.54, 1.807) is 0 Å². The summed E-state index contributed by atoms with van der Waals surface area (Å²) in [5, 5.41) is 2.49. The molecule has 8 aromatic carbocycles. The summed E-state index contributed by atoms with van der Waals surface area (Å²) in [4.78, 5) is 0. The van der Waals surface area contributed by atoms with Crippen LogP contribution in [0.4, 0.5) is 0 Å². The molecule has 0 amide bonds. The minimum absolute atomic E-state index is 0.117. The molecule has 0 saturated heterocycles. The molecule has 0 fully saturated rings. The molecule has 58 heavy (non-hydrogen) atoms. The lowest BCUT2D eigenvalue weighted by Crippen LogP contribution is -2.16. The molecule has 11 rings (SSSR count). The molecule has 0 radical (unpaired) electrons. The van der Waals surface area contributed by atoms with Gasteiger partial charge in [-0.2, -0.15) is 0 Å². The van der Waals surface area contributed by atoms with Gasteiger partial charge in [0.15, 0.2) is 0 Å². The molecular weight excluding hydrogens is 699 g/mol. The van der Waals surface area contributed by atoms with Crippen molar-refractivity contribution >= 4 is 33.9 Å². The SMILES string of the molecule is [2H]/C(=C(/[2H])c1ccc2c(c1)C(C)(C)c1c-2ccc2c3ccccc3n(-c3ccccc3)c12)c1ccc2c(c1)C(C)(C)c1cc(C(c3ccccc3)c3ccccc3)ccc1-2. The lowest BCUT2D eigenvalue weighted by Gasteiger charge is -2.25. The fourth-order valence-electron chi connectivity index (χ4n) is 10.3. The maximum absolute atomic E-state index is 9.51. The van der Waals surface area contributed by atoms with E-state index in [0.29, 0.717) is 0 Å². The third-order valence-electron chi connectivity index (χ3n) is 13.1. The summed E-state index contributed by atoms with van der Waals surface area (Å²) in [5.74, 6) is 0.117. The first kappa shape index (κ1) is 32.4. The second-order valence-corrected chi connectivity index (χ2v) is 17.2. The molecular formula is C57H45N. The van der Waals surface area contributed by atoms with Crippen LogP contribution in [0.25, 0.3) is 61.9 Å². The van der Waals surface area contributed by atoms with E-state index >= 15 is 0 Å². The van der Waals surface area contributed by atoms with Gasteiger partial charge in [-0.05, 0) is 90.5 Å². The molecule has 2 aliphatic rings. The van der Waals surface area contributed by atoms with Gasteiger partial charge >= 0.3 is 0 Å². The van der Waals surface area contributed by atoms with Crippen LogP contribution in [-0.2, 0) is 10.8 Å². The van der Waals surface area contributed by atoms with E-state index in [2.05, 4.69) is 202 Å². The van der Waals surface area contributed by atoms with Crippen LogP contribution in [-0.4, -0.2) is 4.57 Å². The number of para-hydroxylation sites is 2. The Morgan fingerprint density at radius 1 is 0.448 bits per heavy atom. The third-order valence-corrected chi connectivity index (χ3v) is 13.1. The van der Waals surface area contributed by atoms with Gasteiger partial charge in [-0.3, -0.25) is 0 Å². The molecule has 1 nitrogen and oxygen atoms in total. The Hall–Kier alpha value is -6.70. The van der Waals surface area contributed by atoms with Gasteiger partial charge in [-0.1, -0.05) is 204 Å². The van der Waals surface area contributed by atoms with Crippen molar-refractivity contribution in [3.05, 3.63) is 232 Å². The highest BCUT2D eigenvalue weighted by molar-refractivity contribution is 6.13. The van der Waals surface area contributed by atoms with Crippen LogP contribution in [0.15, 0.2) is 182 Å². The lowest BCUT2D eigenvalue weighted by atomic mass is 9.79. The zero-order valence-corrected chi connectivity index (χ0v) is 33.3. The monoisotopic (exact) mass is 745 g/mol. The standard InChI is InChI=1S/C57H45N/c1-56(2)49-34-37(26-29-43(49)44-31-28-41(36-51(44)56)53(39-16-8-5-9-17-39)40-18-10-6-11-19-40)24-25-38-27-30-45-47-32-33-48-46-22-14-15-23-52(46)58(42-20-12-7-13-21-42)55(48)54(47)57(3,4)50(45)35-38/h5-36,53H,1-4H3/b25-24+/i24D,25D. The second-order valence-electron chi connectivity index (χ2n) is 17.2. The van der Waals surface area contributed by atoms with Crippen LogP contribution in [0.2, 0.25) is 0 Å². The summed E-state index contributed by atoms with van der Waals surface area (Å²) in [5.41, 5.74) is 18.2. The topological polar surface area (TPSA) is 4.93 Å². The van der Waals surface area contributed by atoms with E-state index in [1.807, 2.05) is 12.1 Å². The Labute approximate surface area is 344 Å². The molecule has 0 aliphatic heterocycles. The van der Waals surface area contributed by atoms with Crippen LogP contribution in [0, 0.1) is 0 Å². The number of aromatic nitrogens is 1. The van der Waals surface area contributed by atoms with Crippen molar-refractivity contribution in [1.82, 2.24) is 4.57 Å². The van der Waals surface area contributed by atoms with Crippen molar-refractivity contribution in [2.24, 2.45) is 0 Å². The minimum atomic E-state index is -0.341. The van der Waals surface area contributed by atoms with E-state index in [-0.39, 0.29) is 28.9 Å². The summed E-state index contributed by atoms with van der Waals surface area (Å²) in [6.07, 6.45) is 0. The first-order valence-electron chi connectivity index (χ1n) is 21.5. The zero-order chi connectivity index (χ0) is 40.9. The highest BCUT2D eigenvalue weighted by Gasteiger charge is 2.39. The molecule has 0 atom stereocenters. The first-order valence-corrected chi connectivity index (χ1v) is 20.5. The zero-order valence-electron chi connectivity index (χ0n) is 35.3. The molecule has 1 heterocycles. The predicted molar refractivity (Wildman–Crippen MR) is 245 cm³/mol. The van der Waals surface area contributed by atoms with E-state index in [9.17, 15) is 2.74 Å². The van der Waals surface area contributed by atoms with Crippen molar-refractivity contribution in [1.29, 1.82) is 0 Å². The summed E-state index contributed by atoms with van der Waals surface area (Å²) < 4.78 is 21.4. The number of benzene rings is 8. The van der Waals surface area contributed by atoms with Gasteiger partial charge in [0.05, 0.1) is 13.8 Å². The summed E-state index contributed by atoms with van der Waals surface area (Å²) >= 11 is 0. The Morgan fingerprint density at radius 2 is 0.948 bits per heavy atom. The van der Waals surface area contributed by atoms with E-state index < -0.39 is 0 Å². The molecule has 0 spiro atoms. The van der Waals surface area contributed by atoms with Gasteiger partial charge < -0.3 is 4.57 Å². The maximum Gasteiger partial charge on any atom is 0.0629 e. The summed E-state index contributed by atoms with van der Waals surface area (Å²) in [6, 6.07) is 65.7. The Morgan fingerprint density at radius 3 is 1.59 bits per heavy atom. The van der Waals surface area contributed by atoms with Crippen LogP contribution >= 0.6 is 0 Å². The third kappa shape index (κ3) is 5.16. The molecule has 0 saturated carbocycles. The highest BCUT2D eigenvalue weighted by Crippen LogP contribution is 2.54. The second kappa shape index (κ2) is 12.9. The van der Waals surface area contributed by atoms with Crippen molar-refractivity contribution in [2.75, 3.05) is 0 Å². The number of fused-ring (bicyclic) bond motifs is 10. The van der Waals surface area contributed by atoms with E-state index in [1.165, 1.54) is 83.0 Å². The number of hydrogen-bond donors (Lipinski definition) is 0. The van der Waals surface area contributed by atoms with Crippen LogP contribution < -0.4 is 0 Å². The van der Waals surface area contributed by atoms with Gasteiger partial charge in [0.25, 0.3) is 0 Å². The van der Waals surface area contributed by atoms with Gasteiger partial charge in [0, 0.05) is 33.2 Å². The molecule has 1 heteroatoms. The van der Waals surface area contributed by atoms with Crippen LogP contribution in [0.1, 0.15) is 86.4 Å². The summed E-state index contributed by atoms with van der Waals surface area (Å²) in [7, 11) is 0. The minimum Gasteiger partial charge on any atom is -0.309 e. The normalized spacial score (nSPS) is 15.4. The fraction of sp³-hybridized carbons (Fsp3) is 0.123. The average Bonchev–Trinajstić information content (AvgIpc) is 3.83. The van der Waals surface area contributed by atoms with E-state index in [4.69, 9.17) is 0 Å². The Bertz CT molecular complexity index is 3170. The average molecular weight is 746 g/mol. The van der Waals surface area contributed by atoms with Crippen LogP contribution in [0.3, 0.4) is 0 Å². The first-order chi connectivity index (χ1) is 29.1. The van der Waals surface area contributed by atoms with Gasteiger partial charge in [0.1, 0.15) is 0 Å². The highest BCUT2D eigenvalue weighted by atomic mass is 15.0. The van der Waals surface area contributed by atoms with Crippen molar-refractivity contribution in [3.63, 3.8) is 0 Å². The molecule has 9 aromatic rings. The number of nitrogens with zero attached hydrogens (tertiary/aromatic N) is 1. The smallest absolute Gasteiger partial charge is 0.0629 e. The molecule has 0 unspecified atom stereocenters. The van der Waals surface area contributed by atoms with Crippen molar-refractivity contribution in [2.45, 2.75) is 44.4 Å². The van der Waals surface area contributed by atoms with E-state index in [0.717, 1.165) is 16.8 Å². The van der Waals surface area contributed by atoms with Crippen molar-refractivity contribution < 1.29 is 2.74 Å². The van der Waals surface area contributed by atoms with Crippen LogP contribution in [0.5, 0.6) is 0 Å². The molecule has 278 valence electrons. The quantitative estimate of drug-likeness (QED) is 0.118. The molecule has 0 bridgehead atoms. The lowest BCUT2D eigenvalue weighted by molar-refractivity contribution is 0.658. The molecule has 2 aliphatic carbocycles. The van der Waals surface area contributed by atoms with Gasteiger partial charge in [-0.15, -0.1) is 0 Å². The van der Waals surface area contributed by atoms with Gasteiger partial charge in [0.2, 0.25) is 0 Å². The molecule has 1 aromatic heterocycles. The predicted octanol–water partition coefficient (Wildman–Crippen LogP) is 14.7.